The van der Waals surface area contributed by atoms with Gasteiger partial charge in [0, 0.05) is 25.6 Å². The number of hydrogen-bond acceptors (Lipinski definition) is 2. The molecule has 140 valence electrons. The number of urea groups is 1. The standard InChI is InChI=1S/C20H33N3O2/c1-5-7-14-21-20(25)23(16(3)6-2)15-13-19(24)22-17(4)18-11-9-8-10-12-18/h8-12,16-17H,5-7,13-15H2,1-4H3,(H,21,25)(H,22,24)/t16-,17-/m1/s1. The van der Waals surface area contributed by atoms with Gasteiger partial charge in [-0.25, -0.2) is 4.79 Å². The highest BCUT2D eigenvalue weighted by atomic mass is 16.2. The summed E-state index contributed by atoms with van der Waals surface area (Å²) < 4.78 is 0. The molecule has 1 aromatic carbocycles. The van der Waals surface area contributed by atoms with Crippen LogP contribution in [0.1, 0.15) is 65.0 Å². The number of nitrogens with zero attached hydrogens (tertiary/aromatic N) is 1. The zero-order valence-corrected chi connectivity index (χ0v) is 16.0. The lowest BCUT2D eigenvalue weighted by Gasteiger charge is -2.29. The molecule has 1 aromatic rings. The van der Waals surface area contributed by atoms with Gasteiger partial charge in [-0.3, -0.25) is 4.79 Å². The Hall–Kier alpha value is -2.04. The number of hydrogen-bond donors (Lipinski definition) is 2. The second-order valence-corrected chi connectivity index (χ2v) is 6.49. The molecular weight excluding hydrogens is 314 g/mol. The summed E-state index contributed by atoms with van der Waals surface area (Å²) in [5.74, 6) is -0.0361. The third kappa shape index (κ3) is 7.59. The van der Waals surface area contributed by atoms with Crippen LogP contribution in [0, 0.1) is 0 Å². The van der Waals surface area contributed by atoms with Crippen LogP contribution in [-0.2, 0) is 4.79 Å². The summed E-state index contributed by atoms with van der Waals surface area (Å²) >= 11 is 0. The summed E-state index contributed by atoms with van der Waals surface area (Å²) in [5.41, 5.74) is 1.08. The van der Waals surface area contributed by atoms with Crippen LogP contribution in [0.3, 0.4) is 0 Å². The van der Waals surface area contributed by atoms with E-state index in [1.165, 1.54) is 0 Å². The Morgan fingerprint density at radius 3 is 2.40 bits per heavy atom. The van der Waals surface area contributed by atoms with Crippen LogP contribution in [0.15, 0.2) is 30.3 Å². The van der Waals surface area contributed by atoms with Crippen molar-refractivity contribution in [2.24, 2.45) is 0 Å². The third-order valence-corrected chi connectivity index (χ3v) is 4.45. The van der Waals surface area contributed by atoms with Gasteiger partial charge in [-0.05, 0) is 32.3 Å². The molecule has 0 unspecified atom stereocenters. The van der Waals surface area contributed by atoms with Crippen molar-refractivity contribution in [3.8, 4) is 0 Å². The van der Waals surface area contributed by atoms with Crippen molar-refractivity contribution in [3.05, 3.63) is 35.9 Å². The molecule has 0 aromatic heterocycles. The predicted octanol–water partition coefficient (Wildman–Crippen LogP) is 3.86. The lowest BCUT2D eigenvalue weighted by molar-refractivity contribution is -0.122. The van der Waals surface area contributed by atoms with Crippen molar-refractivity contribution >= 4 is 11.9 Å². The van der Waals surface area contributed by atoms with Gasteiger partial charge in [0.15, 0.2) is 0 Å². The molecule has 0 radical (unpaired) electrons. The summed E-state index contributed by atoms with van der Waals surface area (Å²) in [4.78, 5) is 26.4. The molecule has 5 heteroatoms. The lowest BCUT2D eigenvalue weighted by Crippen LogP contribution is -2.46. The monoisotopic (exact) mass is 347 g/mol. The number of rotatable bonds is 10. The van der Waals surface area contributed by atoms with E-state index in [0.717, 1.165) is 24.8 Å². The van der Waals surface area contributed by atoms with E-state index in [2.05, 4.69) is 24.5 Å². The number of nitrogens with one attached hydrogen (secondary N) is 2. The van der Waals surface area contributed by atoms with Crippen molar-refractivity contribution < 1.29 is 9.59 Å². The minimum Gasteiger partial charge on any atom is -0.350 e. The maximum atomic E-state index is 12.4. The van der Waals surface area contributed by atoms with Gasteiger partial charge < -0.3 is 15.5 Å². The van der Waals surface area contributed by atoms with E-state index in [9.17, 15) is 9.59 Å². The Morgan fingerprint density at radius 2 is 1.80 bits per heavy atom. The number of unbranched alkanes of at least 4 members (excludes halogenated alkanes) is 1. The zero-order valence-electron chi connectivity index (χ0n) is 16.0. The van der Waals surface area contributed by atoms with E-state index in [1.807, 2.05) is 44.2 Å². The molecule has 0 aliphatic rings. The van der Waals surface area contributed by atoms with Crippen molar-refractivity contribution in [3.63, 3.8) is 0 Å². The molecule has 5 nitrogen and oxygen atoms in total. The molecule has 25 heavy (non-hydrogen) atoms. The zero-order chi connectivity index (χ0) is 18.7. The van der Waals surface area contributed by atoms with Gasteiger partial charge in [0.2, 0.25) is 5.91 Å². The Balaban J connectivity index is 2.51. The van der Waals surface area contributed by atoms with Crippen LogP contribution >= 0.6 is 0 Å². The second kappa shape index (κ2) is 11.5. The molecule has 3 amide bonds. The minimum absolute atomic E-state index is 0.0361. The molecule has 2 N–H and O–H groups in total. The maximum Gasteiger partial charge on any atom is 0.317 e. The first kappa shape index (κ1) is 21.0. The topological polar surface area (TPSA) is 61.4 Å². The van der Waals surface area contributed by atoms with Gasteiger partial charge in [-0.1, -0.05) is 50.6 Å². The molecule has 0 bridgehead atoms. The normalized spacial score (nSPS) is 13.0. The van der Waals surface area contributed by atoms with E-state index in [4.69, 9.17) is 0 Å². The predicted molar refractivity (Wildman–Crippen MR) is 102 cm³/mol. The molecule has 0 aliphatic carbocycles. The summed E-state index contributed by atoms with van der Waals surface area (Å²) in [6.45, 7) is 9.24. The number of amides is 3. The highest BCUT2D eigenvalue weighted by Gasteiger charge is 2.20. The molecule has 0 fully saturated rings. The van der Waals surface area contributed by atoms with Crippen molar-refractivity contribution in [1.82, 2.24) is 15.5 Å². The van der Waals surface area contributed by atoms with Gasteiger partial charge in [0.1, 0.15) is 0 Å². The first-order chi connectivity index (χ1) is 12.0. The molecular formula is C20H33N3O2. The summed E-state index contributed by atoms with van der Waals surface area (Å²) in [6, 6.07) is 9.87. The first-order valence-corrected chi connectivity index (χ1v) is 9.38. The average molecular weight is 348 g/mol. The van der Waals surface area contributed by atoms with Crippen LogP contribution in [0.5, 0.6) is 0 Å². The van der Waals surface area contributed by atoms with Crippen molar-refractivity contribution in [2.75, 3.05) is 13.1 Å². The Bertz CT molecular complexity index is 519. The molecule has 0 aliphatic heterocycles. The summed E-state index contributed by atoms with van der Waals surface area (Å²) in [5, 5.41) is 5.95. The number of benzene rings is 1. The molecule has 0 saturated heterocycles. The highest BCUT2D eigenvalue weighted by Crippen LogP contribution is 2.12. The fourth-order valence-corrected chi connectivity index (χ4v) is 2.58. The lowest BCUT2D eigenvalue weighted by atomic mass is 10.1. The van der Waals surface area contributed by atoms with E-state index >= 15 is 0 Å². The fraction of sp³-hybridized carbons (Fsp3) is 0.600. The van der Waals surface area contributed by atoms with Gasteiger partial charge in [-0.2, -0.15) is 0 Å². The Labute approximate surface area is 152 Å². The van der Waals surface area contributed by atoms with Gasteiger partial charge in [0.25, 0.3) is 0 Å². The van der Waals surface area contributed by atoms with Gasteiger partial charge in [-0.15, -0.1) is 0 Å². The Kier molecular flexibility index (Phi) is 9.66. The molecule has 0 saturated carbocycles. The van der Waals surface area contributed by atoms with E-state index in [1.54, 1.807) is 4.90 Å². The molecule has 1 rings (SSSR count). The minimum atomic E-state index is -0.0771. The molecule has 0 heterocycles. The first-order valence-electron chi connectivity index (χ1n) is 9.38. The van der Waals surface area contributed by atoms with Crippen LogP contribution in [0.4, 0.5) is 4.79 Å². The SMILES string of the molecule is CCCCNC(=O)N(CCC(=O)N[C@H](C)c1ccccc1)[C@H](C)CC. The molecule has 2 atom stereocenters. The van der Waals surface area contributed by atoms with Crippen molar-refractivity contribution in [1.29, 1.82) is 0 Å². The maximum absolute atomic E-state index is 12.4. The van der Waals surface area contributed by atoms with Crippen LogP contribution in [0.2, 0.25) is 0 Å². The fourth-order valence-electron chi connectivity index (χ4n) is 2.58. The van der Waals surface area contributed by atoms with E-state index in [0.29, 0.717) is 19.5 Å². The number of carbonyl (C=O) groups excluding carboxylic acids is 2. The summed E-state index contributed by atoms with van der Waals surface area (Å²) in [7, 11) is 0. The largest absolute Gasteiger partial charge is 0.350 e. The Morgan fingerprint density at radius 1 is 1.12 bits per heavy atom. The summed E-state index contributed by atoms with van der Waals surface area (Å²) in [6.07, 6.45) is 3.19. The van der Waals surface area contributed by atoms with Crippen LogP contribution < -0.4 is 10.6 Å². The van der Waals surface area contributed by atoms with Crippen LogP contribution in [-0.4, -0.2) is 36.0 Å². The van der Waals surface area contributed by atoms with Crippen molar-refractivity contribution in [2.45, 2.75) is 65.5 Å². The molecule has 0 spiro atoms. The van der Waals surface area contributed by atoms with E-state index < -0.39 is 0 Å². The second-order valence-electron chi connectivity index (χ2n) is 6.49. The highest BCUT2D eigenvalue weighted by molar-refractivity contribution is 5.78. The smallest absolute Gasteiger partial charge is 0.317 e. The average Bonchev–Trinajstić information content (AvgIpc) is 2.62. The third-order valence-electron chi connectivity index (χ3n) is 4.45. The van der Waals surface area contributed by atoms with Crippen LogP contribution in [0.25, 0.3) is 0 Å². The quantitative estimate of drug-likeness (QED) is 0.631. The number of carbonyl (C=O) groups is 2. The van der Waals surface area contributed by atoms with Gasteiger partial charge in [0.05, 0.1) is 6.04 Å². The van der Waals surface area contributed by atoms with Gasteiger partial charge >= 0.3 is 6.03 Å². The van der Waals surface area contributed by atoms with E-state index in [-0.39, 0.29) is 24.0 Å².